The standard InChI is InChI=1S/C20H26Cl2N4O4S2/c1-11(9-27)10-32(29,30)26-13-7-5-12(6-8-13)24-20-25-19(23)18(31-20)17(28)16-14(21)3-2-4-15(16)22/h2-4,11-13,26-27H,5-10,23H2,1H3,(H,24,25). The highest BCUT2D eigenvalue weighted by molar-refractivity contribution is 7.89. The van der Waals surface area contributed by atoms with Crippen molar-refractivity contribution in [1.29, 1.82) is 0 Å². The van der Waals surface area contributed by atoms with Gasteiger partial charge in [-0.05, 0) is 43.7 Å². The first kappa shape index (κ1) is 25.2. The van der Waals surface area contributed by atoms with E-state index in [-0.39, 0.29) is 62.4 Å². The molecular formula is C20H26Cl2N4O4S2. The molecule has 3 rings (SSSR count). The fourth-order valence-electron chi connectivity index (χ4n) is 3.64. The molecule has 0 bridgehead atoms. The number of halogens is 2. The van der Waals surface area contributed by atoms with E-state index in [1.165, 1.54) is 0 Å². The van der Waals surface area contributed by atoms with Crippen LogP contribution in [0.5, 0.6) is 0 Å². The number of aliphatic hydroxyl groups is 1. The molecule has 5 N–H and O–H groups in total. The summed E-state index contributed by atoms with van der Waals surface area (Å²) in [5.41, 5.74) is 6.18. The van der Waals surface area contributed by atoms with E-state index in [1.807, 2.05) is 0 Å². The molecule has 1 aliphatic carbocycles. The van der Waals surface area contributed by atoms with Gasteiger partial charge in [0.1, 0.15) is 10.7 Å². The molecule has 1 aliphatic rings. The molecule has 1 saturated carbocycles. The Labute approximate surface area is 201 Å². The summed E-state index contributed by atoms with van der Waals surface area (Å²) in [7, 11) is -3.43. The molecule has 1 aromatic carbocycles. The van der Waals surface area contributed by atoms with Crippen LogP contribution in [0.3, 0.4) is 0 Å². The van der Waals surface area contributed by atoms with Crippen molar-refractivity contribution in [2.75, 3.05) is 23.4 Å². The number of ketones is 1. The quantitative estimate of drug-likeness (QED) is 0.371. The number of thiazole rings is 1. The van der Waals surface area contributed by atoms with E-state index in [9.17, 15) is 13.2 Å². The Kier molecular flexibility index (Phi) is 8.40. The molecule has 176 valence electrons. The molecular weight excluding hydrogens is 495 g/mol. The van der Waals surface area contributed by atoms with Crippen molar-refractivity contribution in [3.05, 3.63) is 38.7 Å². The Bertz CT molecular complexity index is 1050. The van der Waals surface area contributed by atoms with Crippen LogP contribution in [0.15, 0.2) is 18.2 Å². The molecule has 0 amide bonds. The number of nitrogens with two attached hydrogens (primary N) is 1. The molecule has 2 aromatic rings. The normalized spacial score (nSPS) is 20.1. The molecule has 1 heterocycles. The third-order valence-electron chi connectivity index (χ3n) is 5.27. The zero-order valence-corrected chi connectivity index (χ0v) is 20.6. The number of hydrogen-bond donors (Lipinski definition) is 4. The predicted octanol–water partition coefficient (Wildman–Crippen LogP) is 3.53. The maximum atomic E-state index is 12.9. The van der Waals surface area contributed by atoms with E-state index in [4.69, 9.17) is 34.0 Å². The van der Waals surface area contributed by atoms with Gasteiger partial charge in [0.25, 0.3) is 0 Å². The fraction of sp³-hybridized carbons (Fsp3) is 0.500. The molecule has 1 atom stereocenters. The molecule has 1 unspecified atom stereocenters. The third kappa shape index (κ3) is 6.33. The van der Waals surface area contributed by atoms with Crippen molar-refractivity contribution in [3.63, 3.8) is 0 Å². The lowest BCUT2D eigenvalue weighted by atomic mass is 9.92. The smallest absolute Gasteiger partial charge is 0.212 e. The highest BCUT2D eigenvalue weighted by Crippen LogP contribution is 2.34. The summed E-state index contributed by atoms with van der Waals surface area (Å²) in [5, 5.41) is 13.4. The molecule has 0 aliphatic heterocycles. The summed E-state index contributed by atoms with van der Waals surface area (Å²) in [6.07, 6.45) is 2.82. The minimum atomic E-state index is -3.43. The van der Waals surface area contributed by atoms with Crippen LogP contribution in [0.1, 0.15) is 47.8 Å². The van der Waals surface area contributed by atoms with Crippen LogP contribution in [0, 0.1) is 5.92 Å². The molecule has 12 heteroatoms. The molecule has 1 fully saturated rings. The number of carbonyl (C=O) groups is 1. The van der Waals surface area contributed by atoms with Gasteiger partial charge in [-0.25, -0.2) is 18.1 Å². The zero-order valence-electron chi connectivity index (χ0n) is 17.5. The Morgan fingerprint density at radius 1 is 1.25 bits per heavy atom. The number of aliphatic hydroxyl groups excluding tert-OH is 1. The summed E-state index contributed by atoms with van der Waals surface area (Å²) in [6.45, 7) is 1.53. The van der Waals surface area contributed by atoms with Crippen LogP contribution < -0.4 is 15.8 Å². The van der Waals surface area contributed by atoms with Crippen LogP contribution >= 0.6 is 34.5 Å². The average Bonchev–Trinajstić information content (AvgIpc) is 3.08. The second-order valence-corrected chi connectivity index (χ2v) is 11.7. The number of anilines is 2. The van der Waals surface area contributed by atoms with Crippen LogP contribution in [-0.2, 0) is 10.0 Å². The van der Waals surface area contributed by atoms with Crippen molar-refractivity contribution in [3.8, 4) is 0 Å². The van der Waals surface area contributed by atoms with E-state index in [0.29, 0.717) is 18.0 Å². The van der Waals surface area contributed by atoms with Crippen LogP contribution in [0.25, 0.3) is 0 Å². The first-order chi connectivity index (χ1) is 15.1. The van der Waals surface area contributed by atoms with Gasteiger partial charge in [-0.3, -0.25) is 4.79 Å². The molecule has 0 radical (unpaired) electrons. The lowest BCUT2D eigenvalue weighted by Crippen LogP contribution is -2.42. The van der Waals surface area contributed by atoms with Crippen LogP contribution in [0.4, 0.5) is 10.9 Å². The number of aromatic nitrogens is 1. The van der Waals surface area contributed by atoms with Crippen molar-refractivity contribution < 1.29 is 18.3 Å². The van der Waals surface area contributed by atoms with Gasteiger partial charge in [-0.2, -0.15) is 0 Å². The molecule has 0 spiro atoms. The monoisotopic (exact) mass is 520 g/mol. The minimum Gasteiger partial charge on any atom is -0.396 e. The molecule has 1 aromatic heterocycles. The maximum Gasteiger partial charge on any atom is 0.212 e. The average molecular weight is 521 g/mol. The summed E-state index contributed by atoms with van der Waals surface area (Å²) < 4.78 is 27.1. The number of carbonyl (C=O) groups excluding carboxylic acids is 1. The van der Waals surface area contributed by atoms with E-state index < -0.39 is 10.0 Å². The summed E-state index contributed by atoms with van der Waals surface area (Å²) in [4.78, 5) is 17.4. The second kappa shape index (κ2) is 10.7. The Balaban J connectivity index is 1.59. The van der Waals surface area contributed by atoms with Gasteiger partial charge in [0.05, 0.1) is 21.4 Å². The van der Waals surface area contributed by atoms with E-state index in [1.54, 1.807) is 25.1 Å². The molecule has 8 nitrogen and oxygen atoms in total. The number of rotatable bonds is 9. The fourth-order valence-corrected chi connectivity index (χ4v) is 6.82. The Hall–Kier alpha value is -1.43. The topological polar surface area (TPSA) is 134 Å². The van der Waals surface area contributed by atoms with Crippen LogP contribution in [0.2, 0.25) is 10.0 Å². The summed E-state index contributed by atoms with van der Waals surface area (Å²) >= 11 is 13.4. The zero-order chi connectivity index (χ0) is 23.5. The van der Waals surface area contributed by atoms with Crippen molar-refractivity contribution in [2.24, 2.45) is 5.92 Å². The van der Waals surface area contributed by atoms with Gasteiger partial charge in [0.15, 0.2) is 5.13 Å². The number of sulfonamides is 1. The van der Waals surface area contributed by atoms with Crippen molar-refractivity contribution >= 4 is 61.3 Å². The lowest BCUT2D eigenvalue weighted by Gasteiger charge is -2.29. The van der Waals surface area contributed by atoms with Crippen molar-refractivity contribution in [2.45, 2.75) is 44.7 Å². The van der Waals surface area contributed by atoms with Gasteiger partial charge in [-0.15, -0.1) is 0 Å². The van der Waals surface area contributed by atoms with Crippen LogP contribution in [-0.4, -0.2) is 48.7 Å². The second-order valence-electron chi connectivity index (χ2n) is 8.04. The van der Waals surface area contributed by atoms with E-state index in [2.05, 4.69) is 15.0 Å². The third-order valence-corrected chi connectivity index (χ3v) is 8.60. The van der Waals surface area contributed by atoms with Crippen molar-refractivity contribution in [1.82, 2.24) is 9.71 Å². The number of benzene rings is 1. The first-order valence-corrected chi connectivity index (χ1v) is 13.4. The molecule has 32 heavy (non-hydrogen) atoms. The number of nitrogens with zero attached hydrogens (tertiary/aromatic N) is 1. The van der Waals surface area contributed by atoms with E-state index in [0.717, 1.165) is 24.2 Å². The Morgan fingerprint density at radius 2 is 1.84 bits per heavy atom. The Morgan fingerprint density at radius 3 is 2.44 bits per heavy atom. The van der Waals surface area contributed by atoms with E-state index >= 15 is 0 Å². The van der Waals surface area contributed by atoms with Gasteiger partial charge in [-0.1, -0.05) is 47.5 Å². The number of nitrogen functional groups attached to an aromatic ring is 1. The highest BCUT2D eigenvalue weighted by atomic mass is 35.5. The number of nitrogens with one attached hydrogen (secondary N) is 2. The first-order valence-electron chi connectivity index (χ1n) is 10.2. The van der Waals surface area contributed by atoms with Gasteiger partial charge < -0.3 is 16.2 Å². The highest BCUT2D eigenvalue weighted by Gasteiger charge is 2.27. The summed E-state index contributed by atoms with van der Waals surface area (Å²) in [6, 6.07) is 4.80. The van der Waals surface area contributed by atoms with Gasteiger partial charge in [0, 0.05) is 18.7 Å². The van der Waals surface area contributed by atoms with Gasteiger partial charge >= 0.3 is 0 Å². The predicted molar refractivity (Wildman–Crippen MR) is 129 cm³/mol. The lowest BCUT2D eigenvalue weighted by molar-refractivity contribution is 0.104. The number of hydrogen-bond acceptors (Lipinski definition) is 8. The minimum absolute atomic E-state index is 0.0875. The molecule has 0 saturated heterocycles. The SMILES string of the molecule is CC(CO)CS(=O)(=O)NC1CCC(Nc2nc(N)c(C(=O)c3c(Cl)cccc3Cl)s2)CC1. The van der Waals surface area contributed by atoms with Gasteiger partial charge in [0.2, 0.25) is 15.8 Å². The largest absolute Gasteiger partial charge is 0.396 e. The maximum absolute atomic E-state index is 12.9. The summed E-state index contributed by atoms with van der Waals surface area (Å²) in [5.74, 6) is -0.665.